The molecule has 126 valence electrons. The molecule has 0 aliphatic rings. The summed E-state index contributed by atoms with van der Waals surface area (Å²) < 4.78 is 10.9. The Labute approximate surface area is 145 Å². The number of nitrogens with zero attached hydrogens (tertiary/aromatic N) is 1. The van der Waals surface area contributed by atoms with Gasteiger partial charge in [-0.3, -0.25) is 5.43 Å². The van der Waals surface area contributed by atoms with Gasteiger partial charge in [0.1, 0.15) is 11.5 Å². The molecule has 0 saturated carbocycles. The molecule has 2 aromatic rings. The van der Waals surface area contributed by atoms with Gasteiger partial charge in [0.15, 0.2) is 5.11 Å². The predicted molar refractivity (Wildman–Crippen MR) is 96.8 cm³/mol. The van der Waals surface area contributed by atoms with Crippen LogP contribution in [0.2, 0.25) is 0 Å². The van der Waals surface area contributed by atoms with Crippen molar-refractivity contribution in [2.75, 3.05) is 6.61 Å². The lowest BCUT2D eigenvalue weighted by Crippen LogP contribution is -2.23. The molecule has 0 atom stereocenters. The maximum Gasteiger partial charge on any atom is 0.338 e. The summed E-state index contributed by atoms with van der Waals surface area (Å²) >= 11 is 4.65. The fraction of sp³-hybridized carbons (Fsp3) is 0.235. The third kappa shape index (κ3) is 5.20. The van der Waals surface area contributed by atoms with Crippen molar-refractivity contribution < 1.29 is 13.9 Å². The second-order valence-electron chi connectivity index (χ2n) is 5.51. The van der Waals surface area contributed by atoms with Gasteiger partial charge in [0.05, 0.1) is 18.4 Å². The average Bonchev–Trinajstić information content (AvgIpc) is 3.01. The zero-order chi connectivity index (χ0) is 17.5. The van der Waals surface area contributed by atoms with E-state index >= 15 is 0 Å². The summed E-state index contributed by atoms with van der Waals surface area (Å²) in [6, 6.07) is 10.6. The van der Waals surface area contributed by atoms with Crippen molar-refractivity contribution in [3.05, 3.63) is 47.7 Å². The van der Waals surface area contributed by atoms with Gasteiger partial charge in [-0.1, -0.05) is 26.0 Å². The van der Waals surface area contributed by atoms with Crippen molar-refractivity contribution in [1.29, 1.82) is 0 Å². The molecule has 0 saturated heterocycles. The normalized spacial score (nSPS) is 11.0. The lowest BCUT2D eigenvalue weighted by Gasteiger charge is -2.07. The number of furan rings is 1. The SMILES string of the molecule is CC(C)COC(=O)c1cccc(-c2ccc(/C=N/NC(N)=S)o2)c1. The molecule has 1 heterocycles. The van der Waals surface area contributed by atoms with Crippen LogP contribution in [0.5, 0.6) is 0 Å². The number of hydrogen-bond acceptors (Lipinski definition) is 5. The van der Waals surface area contributed by atoms with Gasteiger partial charge in [-0.15, -0.1) is 0 Å². The molecule has 1 aromatic heterocycles. The highest BCUT2D eigenvalue weighted by Crippen LogP contribution is 2.23. The number of ether oxygens (including phenoxy) is 1. The number of hydrogen-bond donors (Lipinski definition) is 2. The predicted octanol–water partition coefficient (Wildman–Crippen LogP) is 2.93. The number of thiocarbonyl (C=S) groups is 1. The first kappa shape index (κ1) is 17.7. The summed E-state index contributed by atoms with van der Waals surface area (Å²) in [6.45, 7) is 4.37. The Morgan fingerprint density at radius 2 is 2.21 bits per heavy atom. The highest BCUT2D eigenvalue weighted by Gasteiger charge is 2.11. The molecule has 0 aliphatic carbocycles. The number of hydrazone groups is 1. The van der Waals surface area contributed by atoms with Gasteiger partial charge in [-0.2, -0.15) is 5.10 Å². The summed E-state index contributed by atoms with van der Waals surface area (Å²) in [6.07, 6.45) is 1.46. The van der Waals surface area contributed by atoms with Gasteiger partial charge >= 0.3 is 5.97 Å². The van der Waals surface area contributed by atoms with Gasteiger partial charge in [-0.05, 0) is 42.4 Å². The first-order chi connectivity index (χ1) is 11.5. The maximum absolute atomic E-state index is 12.0. The topological polar surface area (TPSA) is 89.8 Å². The second-order valence-corrected chi connectivity index (χ2v) is 5.95. The molecule has 3 N–H and O–H groups in total. The highest BCUT2D eigenvalue weighted by atomic mass is 32.1. The average molecular weight is 345 g/mol. The van der Waals surface area contributed by atoms with E-state index in [4.69, 9.17) is 14.9 Å². The smallest absolute Gasteiger partial charge is 0.338 e. The van der Waals surface area contributed by atoms with Crippen LogP contribution in [0.3, 0.4) is 0 Å². The first-order valence-electron chi connectivity index (χ1n) is 7.41. The fourth-order valence-corrected chi connectivity index (χ4v) is 1.91. The molecule has 7 heteroatoms. The van der Waals surface area contributed by atoms with E-state index in [0.29, 0.717) is 29.6 Å². The Morgan fingerprint density at radius 3 is 2.92 bits per heavy atom. The van der Waals surface area contributed by atoms with Gasteiger partial charge < -0.3 is 14.9 Å². The van der Waals surface area contributed by atoms with Gasteiger partial charge in [0.25, 0.3) is 0 Å². The molecule has 24 heavy (non-hydrogen) atoms. The minimum Gasteiger partial charge on any atom is -0.462 e. The Bertz CT molecular complexity index is 753. The number of esters is 1. The van der Waals surface area contributed by atoms with E-state index < -0.39 is 0 Å². The minimum absolute atomic E-state index is 0.0747. The van der Waals surface area contributed by atoms with Crippen molar-refractivity contribution in [2.45, 2.75) is 13.8 Å². The molecule has 0 fully saturated rings. The summed E-state index contributed by atoms with van der Waals surface area (Å²) in [7, 11) is 0. The standard InChI is InChI=1S/C17H19N3O3S/c1-11(2)10-22-16(21)13-5-3-4-12(8-13)15-7-6-14(23-15)9-19-20-17(18)24/h3-9,11H,10H2,1-2H3,(H3,18,20,24)/b19-9+. The molecular weight excluding hydrogens is 326 g/mol. The summed E-state index contributed by atoms with van der Waals surface area (Å²) in [5.41, 5.74) is 8.98. The van der Waals surface area contributed by atoms with E-state index in [1.54, 1.807) is 30.3 Å². The third-order valence-corrected chi connectivity index (χ3v) is 3.02. The van der Waals surface area contributed by atoms with Crippen LogP contribution in [0.1, 0.15) is 30.0 Å². The van der Waals surface area contributed by atoms with E-state index in [9.17, 15) is 4.79 Å². The van der Waals surface area contributed by atoms with E-state index in [1.165, 1.54) is 6.21 Å². The van der Waals surface area contributed by atoms with Crippen LogP contribution in [0.4, 0.5) is 0 Å². The van der Waals surface area contributed by atoms with Crippen LogP contribution >= 0.6 is 12.2 Å². The first-order valence-corrected chi connectivity index (χ1v) is 7.82. The van der Waals surface area contributed by atoms with Crippen molar-refractivity contribution in [2.24, 2.45) is 16.8 Å². The monoisotopic (exact) mass is 345 g/mol. The summed E-state index contributed by atoms with van der Waals surface area (Å²) in [5, 5.41) is 3.90. The summed E-state index contributed by atoms with van der Waals surface area (Å²) in [4.78, 5) is 12.0. The molecule has 0 radical (unpaired) electrons. The number of rotatable bonds is 6. The van der Waals surface area contributed by atoms with Crippen molar-refractivity contribution in [3.8, 4) is 11.3 Å². The molecule has 0 bridgehead atoms. The molecule has 1 aromatic carbocycles. The molecule has 0 unspecified atom stereocenters. The molecule has 0 amide bonds. The van der Waals surface area contributed by atoms with Crippen molar-refractivity contribution in [3.63, 3.8) is 0 Å². The fourth-order valence-electron chi connectivity index (χ4n) is 1.86. The van der Waals surface area contributed by atoms with Crippen LogP contribution in [-0.2, 0) is 4.74 Å². The zero-order valence-corrected chi connectivity index (χ0v) is 14.3. The van der Waals surface area contributed by atoms with Crippen LogP contribution in [-0.4, -0.2) is 23.9 Å². The lowest BCUT2D eigenvalue weighted by molar-refractivity contribution is 0.0459. The van der Waals surface area contributed by atoms with E-state index in [1.807, 2.05) is 19.9 Å². The largest absolute Gasteiger partial charge is 0.462 e. The minimum atomic E-state index is -0.348. The Morgan fingerprint density at radius 1 is 1.42 bits per heavy atom. The second kappa shape index (κ2) is 8.26. The number of nitrogens with two attached hydrogens (primary N) is 1. The Kier molecular flexibility index (Phi) is 6.08. The van der Waals surface area contributed by atoms with Crippen molar-refractivity contribution >= 4 is 29.5 Å². The van der Waals surface area contributed by atoms with E-state index in [-0.39, 0.29) is 11.1 Å². The maximum atomic E-state index is 12.0. The molecule has 6 nitrogen and oxygen atoms in total. The van der Waals surface area contributed by atoms with Crippen LogP contribution in [0.25, 0.3) is 11.3 Å². The third-order valence-electron chi connectivity index (χ3n) is 2.92. The van der Waals surface area contributed by atoms with Gasteiger partial charge in [0.2, 0.25) is 0 Å². The van der Waals surface area contributed by atoms with Crippen LogP contribution in [0.15, 0.2) is 45.9 Å². The Hall–Kier alpha value is -2.67. The van der Waals surface area contributed by atoms with E-state index in [0.717, 1.165) is 5.56 Å². The molecule has 0 aliphatic heterocycles. The van der Waals surface area contributed by atoms with Crippen LogP contribution in [0, 0.1) is 5.92 Å². The molecule has 0 spiro atoms. The van der Waals surface area contributed by atoms with Crippen LogP contribution < -0.4 is 11.2 Å². The van der Waals surface area contributed by atoms with Gasteiger partial charge in [-0.25, -0.2) is 4.79 Å². The lowest BCUT2D eigenvalue weighted by atomic mass is 10.1. The quantitative estimate of drug-likeness (QED) is 0.362. The zero-order valence-electron chi connectivity index (χ0n) is 13.5. The number of benzene rings is 1. The van der Waals surface area contributed by atoms with E-state index in [2.05, 4.69) is 22.7 Å². The number of carbonyl (C=O) groups excluding carboxylic acids is 1. The summed E-state index contributed by atoms with van der Waals surface area (Å²) in [5.74, 6) is 1.09. The molecular formula is C17H19N3O3S. The highest BCUT2D eigenvalue weighted by molar-refractivity contribution is 7.80. The number of nitrogens with one attached hydrogen (secondary N) is 1. The molecule has 2 rings (SSSR count). The van der Waals surface area contributed by atoms with Crippen molar-refractivity contribution in [1.82, 2.24) is 5.43 Å². The Balaban J connectivity index is 2.11. The number of carbonyl (C=O) groups is 1. The van der Waals surface area contributed by atoms with Gasteiger partial charge in [0, 0.05) is 5.56 Å².